The van der Waals surface area contributed by atoms with Crippen LogP contribution in [0, 0.1) is 6.92 Å². The van der Waals surface area contributed by atoms with E-state index in [-0.39, 0.29) is 0 Å². The molecule has 2 aromatic heterocycles. The van der Waals surface area contributed by atoms with Gasteiger partial charge < -0.3 is 0 Å². The molecule has 0 saturated heterocycles. The molecule has 2 aromatic rings. The van der Waals surface area contributed by atoms with Gasteiger partial charge in [0, 0.05) is 12.4 Å². The second kappa shape index (κ2) is 3.26. The molecule has 0 saturated carbocycles. The van der Waals surface area contributed by atoms with Crippen LogP contribution in [0.15, 0.2) is 29.3 Å². The van der Waals surface area contributed by atoms with Crippen LogP contribution in [-0.2, 0) is 0 Å². The third-order valence-electron chi connectivity index (χ3n) is 1.53. The summed E-state index contributed by atoms with van der Waals surface area (Å²) in [4.78, 5) is 8.25. The molecule has 2 rings (SSSR count). The second-order valence-corrected chi connectivity index (χ2v) is 3.45. The molecule has 0 aliphatic heterocycles. The zero-order valence-electron chi connectivity index (χ0n) is 6.98. The van der Waals surface area contributed by atoms with Gasteiger partial charge in [-0.25, -0.2) is 14.6 Å². The Kier molecular flexibility index (Phi) is 2.10. The third kappa shape index (κ3) is 1.75. The molecule has 0 atom stereocenters. The molecule has 4 nitrogen and oxygen atoms in total. The van der Waals surface area contributed by atoms with E-state index in [1.807, 2.05) is 13.1 Å². The highest BCUT2D eigenvalue weighted by Gasteiger charge is 2.00. The summed E-state index contributed by atoms with van der Waals surface area (Å²) >= 11 is 3.27. The van der Waals surface area contributed by atoms with Crippen molar-refractivity contribution in [1.29, 1.82) is 0 Å². The molecule has 66 valence electrons. The van der Waals surface area contributed by atoms with Gasteiger partial charge in [-0.15, -0.1) is 0 Å². The topological polar surface area (TPSA) is 43.6 Å². The summed E-state index contributed by atoms with van der Waals surface area (Å²) in [5.74, 6) is 0.572. The van der Waals surface area contributed by atoms with Gasteiger partial charge in [0.25, 0.3) is 5.95 Å². The number of hydrogen-bond acceptors (Lipinski definition) is 3. The van der Waals surface area contributed by atoms with E-state index in [9.17, 15) is 0 Å². The van der Waals surface area contributed by atoms with Crippen molar-refractivity contribution in [3.63, 3.8) is 0 Å². The van der Waals surface area contributed by atoms with Crippen LogP contribution in [-0.4, -0.2) is 19.7 Å². The van der Waals surface area contributed by atoms with Crippen molar-refractivity contribution >= 4 is 15.9 Å². The SMILES string of the molecule is Cc1cnn(-c2nccc(Br)n2)c1. The minimum atomic E-state index is 0.572. The number of aryl methyl sites for hydroxylation is 1. The van der Waals surface area contributed by atoms with E-state index >= 15 is 0 Å². The molecule has 0 unspecified atom stereocenters. The lowest BCUT2D eigenvalue weighted by molar-refractivity contribution is 0.803. The fourth-order valence-corrected chi connectivity index (χ4v) is 1.24. The first-order valence-electron chi connectivity index (χ1n) is 3.76. The predicted molar refractivity (Wildman–Crippen MR) is 51.6 cm³/mol. The summed E-state index contributed by atoms with van der Waals surface area (Å²) in [6.07, 6.45) is 5.33. The summed E-state index contributed by atoms with van der Waals surface area (Å²) in [5, 5.41) is 4.10. The van der Waals surface area contributed by atoms with Crippen LogP contribution in [0.4, 0.5) is 0 Å². The van der Waals surface area contributed by atoms with Gasteiger partial charge in [-0.05, 0) is 34.5 Å². The van der Waals surface area contributed by atoms with E-state index < -0.39 is 0 Å². The molecule has 0 spiro atoms. The maximum atomic E-state index is 4.16. The zero-order valence-corrected chi connectivity index (χ0v) is 8.56. The summed E-state index contributed by atoms with van der Waals surface area (Å²) < 4.78 is 2.39. The van der Waals surface area contributed by atoms with Crippen molar-refractivity contribution < 1.29 is 0 Å². The number of rotatable bonds is 1. The zero-order chi connectivity index (χ0) is 9.26. The van der Waals surface area contributed by atoms with Crippen LogP contribution in [0.5, 0.6) is 0 Å². The maximum absolute atomic E-state index is 4.16. The highest BCUT2D eigenvalue weighted by molar-refractivity contribution is 9.10. The molecule has 0 bridgehead atoms. The lowest BCUT2D eigenvalue weighted by Crippen LogP contribution is -2.00. The van der Waals surface area contributed by atoms with Gasteiger partial charge in [-0.3, -0.25) is 0 Å². The van der Waals surface area contributed by atoms with Gasteiger partial charge >= 0.3 is 0 Å². The average molecular weight is 239 g/mol. The quantitative estimate of drug-likeness (QED) is 0.712. The van der Waals surface area contributed by atoms with E-state index in [1.165, 1.54) is 0 Å². The fourth-order valence-electron chi connectivity index (χ4n) is 0.960. The molecular formula is C8H7BrN4. The van der Waals surface area contributed by atoms with Crippen LogP contribution >= 0.6 is 15.9 Å². The Morgan fingerprint density at radius 2 is 2.31 bits per heavy atom. The van der Waals surface area contributed by atoms with E-state index in [0.717, 1.165) is 10.2 Å². The van der Waals surface area contributed by atoms with E-state index in [0.29, 0.717) is 5.95 Å². The largest absolute Gasteiger partial charge is 0.251 e. The van der Waals surface area contributed by atoms with Crippen molar-refractivity contribution in [3.8, 4) is 5.95 Å². The Labute approximate surface area is 83.8 Å². The first-order chi connectivity index (χ1) is 6.25. The number of aromatic nitrogens is 4. The number of hydrogen-bond donors (Lipinski definition) is 0. The van der Waals surface area contributed by atoms with E-state index in [1.54, 1.807) is 23.1 Å². The molecule has 0 aliphatic rings. The molecule has 0 amide bonds. The highest BCUT2D eigenvalue weighted by atomic mass is 79.9. The molecule has 2 heterocycles. The fraction of sp³-hybridized carbons (Fsp3) is 0.125. The van der Waals surface area contributed by atoms with Crippen LogP contribution < -0.4 is 0 Å². The smallest absolute Gasteiger partial charge is 0.220 e. The molecular weight excluding hydrogens is 232 g/mol. The van der Waals surface area contributed by atoms with Crippen LogP contribution in [0.3, 0.4) is 0 Å². The standard InChI is InChI=1S/C8H7BrN4/c1-6-4-11-13(5-6)8-10-3-2-7(9)12-8/h2-5H,1H3. The van der Waals surface area contributed by atoms with Gasteiger partial charge in [-0.1, -0.05) is 0 Å². The van der Waals surface area contributed by atoms with Crippen molar-refractivity contribution in [1.82, 2.24) is 19.7 Å². The van der Waals surface area contributed by atoms with E-state index in [2.05, 4.69) is 31.0 Å². The maximum Gasteiger partial charge on any atom is 0.251 e. The summed E-state index contributed by atoms with van der Waals surface area (Å²) in [7, 11) is 0. The second-order valence-electron chi connectivity index (χ2n) is 2.64. The predicted octanol–water partition coefficient (Wildman–Crippen LogP) is 1.73. The Morgan fingerprint density at radius 3 is 2.92 bits per heavy atom. The van der Waals surface area contributed by atoms with Crippen LogP contribution in [0.25, 0.3) is 5.95 Å². The molecule has 0 aliphatic carbocycles. The lowest BCUT2D eigenvalue weighted by Gasteiger charge is -1.97. The van der Waals surface area contributed by atoms with Crippen LogP contribution in [0.1, 0.15) is 5.56 Å². The minimum absolute atomic E-state index is 0.572. The lowest BCUT2D eigenvalue weighted by atomic mass is 10.4. The molecule has 5 heteroatoms. The normalized spacial score (nSPS) is 10.3. The van der Waals surface area contributed by atoms with Crippen molar-refractivity contribution in [3.05, 3.63) is 34.8 Å². The van der Waals surface area contributed by atoms with Crippen molar-refractivity contribution in [2.45, 2.75) is 6.92 Å². The third-order valence-corrected chi connectivity index (χ3v) is 1.97. The Balaban J connectivity index is 2.46. The van der Waals surface area contributed by atoms with Crippen LogP contribution in [0.2, 0.25) is 0 Å². The highest BCUT2D eigenvalue weighted by Crippen LogP contribution is 2.07. The Hall–Kier alpha value is -1.23. The van der Waals surface area contributed by atoms with E-state index in [4.69, 9.17) is 0 Å². The van der Waals surface area contributed by atoms with Crippen molar-refractivity contribution in [2.24, 2.45) is 0 Å². The first kappa shape index (κ1) is 8.37. The van der Waals surface area contributed by atoms with Gasteiger partial charge in [0.1, 0.15) is 4.60 Å². The Bertz CT molecular complexity index is 424. The summed E-state index contributed by atoms with van der Waals surface area (Å²) in [6, 6.07) is 1.78. The first-order valence-corrected chi connectivity index (χ1v) is 4.55. The Morgan fingerprint density at radius 1 is 1.46 bits per heavy atom. The van der Waals surface area contributed by atoms with Gasteiger partial charge in [0.15, 0.2) is 0 Å². The van der Waals surface area contributed by atoms with Crippen molar-refractivity contribution in [2.75, 3.05) is 0 Å². The average Bonchev–Trinajstić information content (AvgIpc) is 2.52. The van der Waals surface area contributed by atoms with Gasteiger partial charge in [0.2, 0.25) is 0 Å². The van der Waals surface area contributed by atoms with Gasteiger partial charge in [-0.2, -0.15) is 5.10 Å². The summed E-state index contributed by atoms with van der Waals surface area (Å²) in [5.41, 5.74) is 1.09. The number of halogens is 1. The number of nitrogens with zero attached hydrogens (tertiary/aromatic N) is 4. The summed E-state index contributed by atoms with van der Waals surface area (Å²) in [6.45, 7) is 1.97. The minimum Gasteiger partial charge on any atom is -0.220 e. The molecule has 0 radical (unpaired) electrons. The molecule has 0 aromatic carbocycles. The molecule has 13 heavy (non-hydrogen) atoms. The molecule has 0 fully saturated rings. The van der Waals surface area contributed by atoms with Gasteiger partial charge in [0.05, 0.1) is 6.20 Å². The molecule has 0 N–H and O–H groups in total. The monoisotopic (exact) mass is 238 g/mol.